The minimum Gasteiger partial charge on any atom is -0.355 e. The van der Waals surface area contributed by atoms with Crippen molar-refractivity contribution in [2.45, 2.75) is 6.17 Å². The van der Waals surface area contributed by atoms with Gasteiger partial charge in [-0.25, -0.2) is 0 Å². The van der Waals surface area contributed by atoms with E-state index in [1.165, 1.54) is 0 Å². The summed E-state index contributed by atoms with van der Waals surface area (Å²) >= 11 is 9.37. The van der Waals surface area contributed by atoms with E-state index >= 15 is 0 Å². The molecule has 2 aromatic carbocycles. The van der Waals surface area contributed by atoms with Crippen LogP contribution in [0.3, 0.4) is 0 Å². The van der Waals surface area contributed by atoms with Gasteiger partial charge in [0.05, 0.1) is 6.17 Å². The Hall–Kier alpha value is -1.59. The van der Waals surface area contributed by atoms with Gasteiger partial charge in [-0.2, -0.15) is 0 Å². The average molecular weight is 377 g/mol. The minimum atomic E-state index is -0.542. The van der Waals surface area contributed by atoms with Gasteiger partial charge in [0, 0.05) is 31.7 Å². The van der Waals surface area contributed by atoms with E-state index in [9.17, 15) is 0 Å². The molecule has 1 heterocycles. The van der Waals surface area contributed by atoms with Crippen LogP contribution in [0.1, 0.15) is 23.0 Å². The third kappa shape index (κ3) is 3.10. The number of rotatable bonds is 3. The Balaban J connectivity index is 2.05. The molecule has 0 saturated heterocycles. The van der Waals surface area contributed by atoms with E-state index in [4.69, 9.17) is 23.1 Å². The Kier molecular flexibility index (Phi) is 4.36. The van der Waals surface area contributed by atoms with Crippen LogP contribution in [0.2, 0.25) is 5.02 Å². The van der Waals surface area contributed by atoms with Crippen LogP contribution in [0, 0.1) is 0 Å². The predicted molar refractivity (Wildman–Crippen MR) is 97.5 cm³/mol. The highest BCUT2D eigenvalue weighted by Gasteiger charge is 2.13. The Labute approximate surface area is 142 Å². The first-order valence-electron chi connectivity index (χ1n) is 6.80. The van der Waals surface area contributed by atoms with Gasteiger partial charge < -0.3 is 16.5 Å². The predicted octanol–water partition coefficient (Wildman–Crippen LogP) is 4.67. The smallest absolute Gasteiger partial charge is 0.0811 e. The SMILES string of the molecule is NC(N)c1c(/C=C/c2ccc(Cl)cc2)[nH]c2cc(Br)ccc12. The normalized spacial score (nSPS) is 11.9. The Morgan fingerprint density at radius 2 is 1.77 bits per heavy atom. The molecule has 3 nitrogen and oxygen atoms in total. The molecule has 0 aliphatic carbocycles. The van der Waals surface area contributed by atoms with Crippen molar-refractivity contribution in [3.8, 4) is 0 Å². The first-order chi connectivity index (χ1) is 10.5. The number of fused-ring (bicyclic) bond motifs is 1. The lowest BCUT2D eigenvalue weighted by Crippen LogP contribution is -2.20. The second kappa shape index (κ2) is 6.26. The fourth-order valence-corrected chi connectivity index (χ4v) is 2.94. The van der Waals surface area contributed by atoms with Crippen molar-refractivity contribution in [2.75, 3.05) is 0 Å². The molecule has 0 aliphatic rings. The maximum atomic E-state index is 5.95. The van der Waals surface area contributed by atoms with E-state index in [1.807, 2.05) is 54.6 Å². The largest absolute Gasteiger partial charge is 0.355 e. The van der Waals surface area contributed by atoms with E-state index < -0.39 is 6.17 Å². The van der Waals surface area contributed by atoms with Crippen LogP contribution in [0.25, 0.3) is 23.1 Å². The van der Waals surface area contributed by atoms with E-state index in [0.717, 1.165) is 37.2 Å². The van der Waals surface area contributed by atoms with Gasteiger partial charge in [0.2, 0.25) is 0 Å². The number of H-pyrrole nitrogens is 1. The van der Waals surface area contributed by atoms with Crippen molar-refractivity contribution in [1.82, 2.24) is 4.98 Å². The van der Waals surface area contributed by atoms with Crippen molar-refractivity contribution < 1.29 is 0 Å². The third-order valence-corrected chi connectivity index (χ3v) is 4.22. The van der Waals surface area contributed by atoms with E-state index in [2.05, 4.69) is 20.9 Å². The van der Waals surface area contributed by atoms with Crippen LogP contribution in [0.4, 0.5) is 0 Å². The summed E-state index contributed by atoms with van der Waals surface area (Å²) in [6.45, 7) is 0. The topological polar surface area (TPSA) is 67.8 Å². The Morgan fingerprint density at radius 1 is 1.05 bits per heavy atom. The second-order valence-electron chi connectivity index (χ2n) is 5.05. The van der Waals surface area contributed by atoms with Crippen LogP contribution in [-0.2, 0) is 0 Å². The van der Waals surface area contributed by atoms with Gasteiger partial charge in [-0.05, 0) is 35.9 Å². The van der Waals surface area contributed by atoms with Gasteiger partial charge >= 0.3 is 0 Å². The molecule has 0 amide bonds. The van der Waals surface area contributed by atoms with Gasteiger partial charge in [0.15, 0.2) is 0 Å². The van der Waals surface area contributed by atoms with E-state index in [1.54, 1.807) is 0 Å². The van der Waals surface area contributed by atoms with Crippen LogP contribution in [0.5, 0.6) is 0 Å². The zero-order valence-electron chi connectivity index (χ0n) is 11.7. The molecule has 0 fully saturated rings. The van der Waals surface area contributed by atoms with Gasteiger partial charge in [-0.3, -0.25) is 0 Å². The van der Waals surface area contributed by atoms with Crippen molar-refractivity contribution in [2.24, 2.45) is 11.5 Å². The van der Waals surface area contributed by atoms with Crippen molar-refractivity contribution in [1.29, 1.82) is 0 Å². The number of halogens is 2. The highest BCUT2D eigenvalue weighted by atomic mass is 79.9. The molecule has 3 rings (SSSR count). The Bertz CT molecular complexity index is 835. The molecule has 3 aromatic rings. The first kappa shape index (κ1) is 15.3. The zero-order valence-corrected chi connectivity index (χ0v) is 14.0. The van der Waals surface area contributed by atoms with Gasteiger partial charge in [-0.15, -0.1) is 0 Å². The molecule has 0 atom stereocenters. The maximum Gasteiger partial charge on any atom is 0.0811 e. The van der Waals surface area contributed by atoms with Crippen LogP contribution < -0.4 is 11.5 Å². The zero-order chi connectivity index (χ0) is 15.7. The fraction of sp³-hybridized carbons (Fsp3) is 0.0588. The number of aromatic amines is 1. The molecule has 0 spiro atoms. The summed E-state index contributed by atoms with van der Waals surface area (Å²) in [5.41, 5.74) is 15.8. The van der Waals surface area contributed by atoms with Crippen LogP contribution >= 0.6 is 27.5 Å². The number of nitrogens with one attached hydrogen (secondary N) is 1. The number of nitrogens with two attached hydrogens (primary N) is 2. The molecule has 112 valence electrons. The summed E-state index contributed by atoms with van der Waals surface area (Å²) in [6, 6.07) is 13.6. The molecule has 1 aromatic heterocycles. The highest BCUT2D eigenvalue weighted by molar-refractivity contribution is 9.10. The quantitative estimate of drug-likeness (QED) is 0.581. The summed E-state index contributed by atoms with van der Waals surface area (Å²) in [5.74, 6) is 0. The molecule has 0 aliphatic heterocycles. The summed E-state index contributed by atoms with van der Waals surface area (Å²) in [4.78, 5) is 3.37. The first-order valence-corrected chi connectivity index (χ1v) is 7.97. The summed E-state index contributed by atoms with van der Waals surface area (Å²) in [5, 5.41) is 1.76. The van der Waals surface area contributed by atoms with Crippen molar-refractivity contribution in [3.63, 3.8) is 0 Å². The molecule has 22 heavy (non-hydrogen) atoms. The number of hydrogen-bond donors (Lipinski definition) is 3. The number of hydrogen-bond acceptors (Lipinski definition) is 2. The molecule has 0 bridgehead atoms. The Morgan fingerprint density at radius 3 is 2.45 bits per heavy atom. The van der Waals surface area contributed by atoms with Crippen molar-refractivity contribution in [3.05, 3.63) is 68.8 Å². The number of aromatic nitrogens is 1. The van der Waals surface area contributed by atoms with Crippen molar-refractivity contribution >= 4 is 50.6 Å². The van der Waals surface area contributed by atoms with Gasteiger partial charge in [0.1, 0.15) is 0 Å². The summed E-state index contributed by atoms with van der Waals surface area (Å²) < 4.78 is 1.01. The molecular weight excluding hydrogens is 362 g/mol. The summed E-state index contributed by atoms with van der Waals surface area (Å²) in [7, 11) is 0. The van der Waals surface area contributed by atoms with E-state index in [0.29, 0.717) is 0 Å². The van der Waals surface area contributed by atoms with Crippen LogP contribution in [0.15, 0.2) is 46.9 Å². The number of benzene rings is 2. The lowest BCUT2D eigenvalue weighted by Gasteiger charge is -2.05. The van der Waals surface area contributed by atoms with Gasteiger partial charge in [0.25, 0.3) is 0 Å². The lowest BCUT2D eigenvalue weighted by atomic mass is 10.1. The highest BCUT2D eigenvalue weighted by Crippen LogP contribution is 2.29. The molecule has 5 heteroatoms. The molecule has 5 N–H and O–H groups in total. The molecule has 0 saturated carbocycles. The maximum absolute atomic E-state index is 5.95. The minimum absolute atomic E-state index is 0.542. The fourth-order valence-electron chi connectivity index (χ4n) is 2.46. The molecule has 0 unspecified atom stereocenters. The second-order valence-corrected chi connectivity index (χ2v) is 6.41. The molecule has 0 radical (unpaired) electrons. The van der Waals surface area contributed by atoms with Gasteiger partial charge in [-0.1, -0.05) is 51.8 Å². The third-order valence-electron chi connectivity index (χ3n) is 3.48. The monoisotopic (exact) mass is 375 g/mol. The molecular formula is C17H15BrClN3. The standard InChI is InChI=1S/C17H15BrClN3/c18-11-4-7-13-15(9-11)22-14(16(13)17(20)21)8-3-10-1-5-12(19)6-2-10/h1-9,17,22H,20-21H2/b8-3+. The lowest BCUT2D eigenvalue weighted by molar-refractivity contribution is 0.779. The van der Waals surface area contributed by atoms with Crippen LogP contribution in [-0.4, -0.2) is 4.98 Å². The van der Waals surface area contributed by atoms with E-state index in [-0.39, 0.29) is 0 Å². The summed E-state index contributed by atoms with van der Waals surface area (Å²) in [6.07, 6.45) is 3.45. The average Bonchev–Trinajstić information content (AvgIpc) is 2.84.